The minimum atomic E-state index is -0.207. The van der Waals surface area contributed by atoms with E-state index in [0.29, 0.717) is 35.8 Å². The first-order chi connectivity index (χ1) is 14.5. The number of benzene rings is 2. The van der Waals surface area contributed by atoms with Crippen molar-refractivity contribution in [1.82, 2.24) is 10.2 Å². The smallest absolute Gasteiger partial charge is 0.255 e. The predicted molar refractivity (Wildman–Crippen MR) is 119 cm³/mol. The molecular formula is C24H31N3O3. The second-order valence-electron chi connectivity index (χ2n) is 7.77. The van der Waals surface area contributed by atoms with Crippen LogP contribution in [-0.2, 0) is 4.79 Å². The van der Waals surface area contributed by atoms with Gasteiger partial charge in [-0.1, -0.05) is 31.0 Å². The molecule has 0 unspecified atom stereocenters. The molecule has 1 aliphatic rings. The summed E-state index contributed by atoms with van der Waals surface area (Å²) in [7, 11) is 0. The zero-order chi connectivity index (χ0) is 21.3. The summed E-state index contributed by atoms with van der Waals surface area (Å²) >= 11 is 0. The largest absolute Gasteiger partial charge is 0.457 e. The van der Waals surface area contributed by atoms with E-state index in [1.807, 2.05) is 31.2 Å². The number of rotatable bonds is 9. The summed E-state index contributed by atoms with van der Waals surface area (Å²) in [5.41, 5.74) is 2.14. The Kier molecular flexibility index (Phi) is 7.85. The van der Waals surface area contributed by atoms with Crippen LogP contribution in [0.3, 0.4) is 0 Å². The number of hydrogen-bond acceptors (Lipinski definition) is 4. The number of amides is 2. The molecule has 2 amide bonds. The molecule has 2 aromatic carbocycles. The minimum absolute atomic E-state index is 0.0681. The number of anilines is 1. The summed E-state index contributed by atoms with van der Waals surface area (Å²) in [6.45, 7) is 6.98. The fraction of sp³-hybridized carbons (Fsp3) is 0.417. The van der Waals surface area contributed by atoms with Crippen LogP contribution in [0.2, 0.25) is 0 Å². The highest BCUT2D eigenvalue weighted by molar-refractivity contribution is 5.99. The molecule has 0 aromatic heterocycles. The average Bonchev–Trinajstić information content (AvgIpc) is 3.23. The highest BCUT2D eigenvalue weighted by Crippen LogP contribution is 2.28. The fourth-order valence-corrected chi connectivity index (χ4v) is 3.43. The van der Waals surface area contributed by atoms with Crippen LogP contribution >= 0.6 is 0 Å². The lowest BCUT2D eigenvalue weighted by Gasteiger charge is -2.16. The topological polar surface area (TPSA) is 70.7 Å². The highest BCUT2D eigenvalue weighted by Gasteiger charge is 2.18. The van der Waals surface area contributed by atoms with E-state index < -0.39 is 0 Å². The third-order valence-corrected chi connectivity index (χ3v) is 5.14. The van der Waals surface area contributed by atoms with Crippen molar-refractivity contribution in [3.05, 3.63) is 53.6 Å². The number of nitrogens with one attached hydrogen (secondary N) is 2. The maximum absolute atomic E-state index is 12.8. The van der Waals surface area contributed by atoms with Crippen LogP contribution in [0.15, 0.2) is 42.5 Å². The molecule has 0 bridgehead atoms. The summed E-state index contributed by atoms with van der Waals surface area (Å²) in [5.74, 6) is 0.849. The molecule has 0 saturated carbocycles. The predicted octanol–water partition coefficient (Wildman–Crippen LogP) is 4.35. The lowest BCUT2D eigenvalue weighted by atomic mass is 10.1. The number of unbranched alkanes of at least 4 members (excludes halogenated alkanes) is 1. The maximum Gasteiger partial charge on any atom is 0.255 e. The van der Waals surface area contributed by atoms with Gasteiger partial charge >= 0.3 is 0 Å². The standard InChI is InChI=1S/C24H31N3O3/c1-3-4-13-25-24(29)21-16-19(26-23(28)17-27-14-5-6-15-27)9-12-22(21)30-20-10-7-18(2)8-11-20/h7-12,16H,3-6,13-15,17H2,1-2H3,(H,25,29)(H,26,28). The van der Waals surface area contributed by atoms with E-state index in [-0.39, 0.29) is 11.8 Å². The van der Waals surface area contributed by atoms with Crippen molar-refractivity contribution in [1.29, 1.82) is 0 Å². The molecule has 2 N–H and O–H groups in total. The van der Waals surface area contributed by atoms with Crippen molar-refractivity contribution in [3.63, 3.8) is 0 Å². The van der Waals surface area contributed by atoms with Gasteiger partial charge in [-0.2, -0.15) is 0 Å². The molecule has 1 aliphatic heterocycles. The number of carbonyl (C=O) groups is 2. The first-order valence-corrected chi connectivity index (χ1v) is 10.7. The van der Waals surface area contributed by atoms with Gasteiger partial charge in [0.2, 0.25) is 5.91 Å². The van der Waals surface area contributed by atoms with Crippen molar-refractivity contribution in [2.24, 2.45) is 0 Å². The van der Waals surface area contributed by atoms with Crippen molar-refractivity contribution >= 4 is 17.5 Å². The summed E-state index contributed by atoms with van der Waals surface area (Å²) < 4.78 is 5.98. The Hall–Kier alpha value is -2.86. The van der Waals surface area contributed by atoms with Crippen molar-refractivity contribution in [2.45, 2.75) is 39.5 Å². The summed E-state index contributed by atoms with van der Waals surface area (Å²) in [6.07, 6.45) is 4.19. The van der Waals surface area contributed by atoms with E-state index in [1.165, 1.54) is 0 Å². The second-order valence-corrected chi connectivity index (χ2v) is 7.77. The lowest BCUT2D eigenvalue weighted by molar-refractivity contribution is -0.117. The van der Waals surface area contributed by atoms with E-state index in [2.05, 4.69) is 22.5 Å². The molecule has 1 fully saturated rings. The number of aryl methyl sites for hydroxylation is 1. The molecule has 1 heterocycles. The van der Waals surface area contributed by atoms with Gasteiger partial charge in [0, 0.05) is 12.2 Å². The van der Waals surface area contributed by atoms with Crippen LogP contribution in [-0.4, -0.2) is 42.9 Å². The van der Waals surface area contributed by atoms with Crippen molar-refractivity contribution < 1.29 is 14.3 Å². The molecule has 3 rings (SSSR count). The molecule has 2 aromatic rings. The number of hydrogen-bond donors (Lipinski definition) is 2. The normalized spacial score (nSPS) is 13.8. The van der Waals surface area contributed by atoms with Gasteiger partial charge in [-0.3, -0.25) is 14.5 Å². The maximum atomic E-state index is 12.8. The Morgan fingerprint density at radius 1 is 1.07 bits per heavy atom. The van der Waals surface area contributed by atoms with Crippen LogP contribution in [0.4, 0.5) is 5.69 Å². The van der Waals surface area contributed by atoms with E-state index in [4.69, 9.17) is 4.74 Å². The van der Waals surface area contributed by atoms with Gasteiger partial charge < -0.3 is 15.4 Å². The molecule has 0 atom stereocenters. The Morgan fingerprint density at radius 3 is 2.50 bits per heavy atom. The molecule has 0 radical (unpaired) electrons. The van der Waals surface area contributed by atoms with Crippen LogP contribution in [0.25, 0.3) is 0 Å². The lowest BCUT2D eigenvalue weighted by Crippen LogP contribution is -2.31. The molecule has 0 aliphatic carbocycles. The third kappa shape index (κ3) is 6.32. The summed E-state index contributed by atoms with van der Waals surface area (Å²) in [6, 6.07) is 12.9. The van der Waals surface area contributed by atoms with E-state index >= 15 is 0 Å². The first kappa shape index (κ1) is 21.8. The fourth-order valence-electron chi connectivity index (χ4n) is 3.43. The summed E-state index contributed by atoms with van der Waals surface area (Å²) in [4.78, 5) is 27.3. The van der Waals surface area contributed by atoms with Gasteiger partial charge in [-0.25, -0.2) is 0 Å². The van der Waals surface area contributed by atoms with Crippen LogP contribution in [0.5, 0.6) is 11.5 Å². The van der Waals surface area contributed by atoms with Gasteiger partial charge in [-0.05, 0) is 69.6 Å². The van der Waals surface area contributed by atoms with E-state index in [1.54, 1.807) is 18.2 Å². The minimum Gasteiger partial charge on any atom is -0.457 e. The second kappa shape index (κ2) is 10.8. The van der Waals surface area contributed by atoms with Gasteiger partial charge in [-0.15, -0.1) is 0 Å². The SMILES string of the molecule is CCCCNC(=O)c1cc(NC(=O)CN2CCCC2)ccc1Oc1ccc(C)cc1. The molecule has 0 spiro atoms. The zero-order valence-corrected chi connectivity index (χ0v) is 17.9. The molecule has 6 heteroatoms. The molecule has 1 saturated heterocycles. The first-order valence-electron chi connectivity index (χ1n) is 10.7. The number of nitrogens with zero attached hydrogens (tertiary/aromatic N) is 1. The van der Waals surface area contributed by atoms with E-state index in [9.17, 15) is 9.59 Å². The number of likely N-dealkylation sites (tertiary alicyclic amines) is 1. The van der Waals surface area contributed by atoms with Gasteiger partial charge in [0.05, 0.1) is 12.1 Å². The monoisotopic (exact) mass is 409 g/mol. The Morgan fingerprint density at radius 2 is 1.80 bits per heavy atom. The van der Waals surface area contributed by atoms with Crippen molar-refractivity contribution in [3.8, 4) is 11.5 Å². The molecule has 30 heavy (non-hydrogen) atoms. The molecular weight excluding hydrogens is 378 g/mol. The average molecular weight is 410 g/mol. The highest BCUT2D eigenvalue weighted by atomic mass is 16.5. The number of carbonyl (C=O) groups excluding carboxylic acids is 2. The van der Waals surface area contributed by atoms with Crippen LogP contribution in [0, 0.1) is 6.92 Å². The van der Waals surface area contributed by atoms with Gasteiger partial charge in [0.15, 0.2) is 0 Å². The molecule has 6 nitrogen and oxygen atoms in total. The van der Waals surface area contributed by atoms with Crippen LogP contribution in [0.1, 0.15) is 48.5 Å². The summed E-state index contributed by atoms with van der Waals surface area (Å²) in [5, 5.41) is 5.85. The molecule has 160 valence electrons. The Bertz CT molecular complexity index is 858. The number of ether oxygens (including phenoxy) is 1. The van der Waals surface area contributed by atoms with Crippen molar-refractivity contribution in [2.75, 3.05) is 31.5 Å². The van der Waals surface area contributed by atoms with E-state index in [0.717, 1.165) is 44.3 Å². The Labute approximate surface area is 178 Å². The Balaban J connectivity index is 1.75. The van der Waals surface area contributed by atoms with Gasteiger partial charge in [0.1, 0.15) is 11.5 Å². The third-order valence-electron chi connectivity index (χ3n) is 5.14. The van der Waals surface area contributed by atoms with Crippen LogP contribution < -0.4 is 15.4 Å². The zero-order valence-electron chi connectivity index (χ0n) is 17.9. The quantitative estimate of drug-likeness (QED) is 0.604. The van der Waals surface area contributed by atoms with Gasteiger partial charge in [0.25, 0.3) is 5.91 Å².